The van der Waals surface area contributed by atoms with Crippen molar-refractivity contribution in [1.82, 2.24) is 0 Å². The van der Waals surface area contributed by atoms with E-state index in [4.69, 9.17) is 4.79 Å². The van der Waals surface area contributed by atoms with Crippen LogP contribution in [0.1, 0.15) is 0 Å². The first-order valence-corrected chi connectivity index (χ1v) is 0.901. The maximum Gasteiger partial charge on any atom is 0 e. The molecule has 0 unspecified atom stereocenters. The summed E-state index contributed by atoms with van der Waals surface area (Å²) in [6, 6.07) is 0. The predicted molar refractivity (Wildman–Crippen MR) is 15.9 cm³/mol. The van der Waals surface area contributed by atoms with Gasteiger partial charge < -0.3 is 4.79 Å². The Morgan fingerprint density at radius 2 is 1.57 bits per heavy atom. The second-order valence-corrected chi connectivity index (χ2v) is 0.322. The van der Waals surface area contributed by atoms with E-state index in [1.54, 1.807) is 0 Å². The van der Waals surface area contributed by atoms with Gasteiger partial charge in [0.2, 0.25) is 0 Å². The van der Waals surface area contributed by atoms with Crippen LogP contribution >= 0.6 is 0 Å². The van der Waals surface area contributed by atoms with Crippen molar-refractivity contribution in [2.45, 2.75) is 0 Å². The number of allylic oxidation sites excluding steroid dienone is 1. The molecular weight excluding hydrogens is 247 g/mol. The third kappa shape index (κ3) is 38.5. The van der Waals surface area contributed by atoms with Crippen LogP contribution in [0.4, 0.5) is 0 Å². The molecule has 0 saturated carbocycles. The molecule has 37 valence electrons. The molecular formula is C3H3NbOV2-. The molecule has 0 aromatic heterocycles. The molecule has 7 heavy (non-hydrogen) atoms. The molecule has 0 rings (SSSR count). The topological polar surface area (TPSA) is 17.1 Å². The standard InChI is InChI=1S/C3H3O.Nb.2V/c1-2-3-4;;;/h2H,1H2;;;/q-1;;;. The fourth-order valence-corrected chi connectivity index (χ4v) is 0. The van der Waals surface area contributed by atoms with Crippen molar-refractivity contribution in [3.05, 3.63) is 12.7 Å². The van der Waals surface area contributed by atoms with Crippen LogP contribution in [0.15, 0.2) is 12.7 Å². The van der Waals surface area contributed by atoms with Crippen molar-refractivity contribution >= 4 is 6.29 Å². The summed E-state index contributed by atoms with van der Waals surface area (Å²) < 4.78 is 0. The van der Waals surface area contributed by atoms with Crippen LogP contribution in [0.3, 0.4) is 0 Å². The van der Waals surface area contributed by atoms with E-state index in [0.29, 0.717) is 0 Å². The molecule has 0 amide bonds. The van der Waals surface area contributed by atoms with Gasteiger partial charge in [0.25, 0.3) is 0 Å². The smallest absolute Gasteiger partial charge is 0 e. The van der Waals surface area contributed by atoms with Gasteiger partial charge in [0.15, 0.2) is 0 Å². The Morgan fingerprint density at radius 3 is 1.57 bits per heavy atom. The monoisotopic (exact) mass is 250 g/mol. The van der Waals surface area contributed by atoms with Gasteiger partial charge in [0, 0.05) is 59.5 Å². The zero-order valence-electron chi connectivity index (χ0n) is 3.53. The van der Waals surface area contributed by atoms with Crippen molar-refractivity contribution in [2.75, 3.05) is 0 Å². The average molecular weight is 250 g/mol. The SMILES string of the molecule is C=C[C-]=O.[Nb].[V].[V]. The fraction of sp³-hybridized carbons (Fsp3) is 0. The quantitative estimate of drug-likeness (QED) is 0.371. The van der Waals surface area contributed by atoms with E-state index in [-0.39, 0.29) is 59.5 Å². The van der Waals surface area contributed by atoms with Gasteiger partial charge in [-0.15, -0.1) is 0 Å². The van der Waals surface area contributed by atoms with Crippen LogP contribution in [-0.4, -0.2) is 6.29 Å². The summed E-state index contributed by atoms with van der Waals surface area (Å²) >= 11 is 0. The molecule has 4 heteroatoms. The van der Waals surface area contributed by atoms with Gasteiger partial charge in [-0.3, -0.25) is 0 Å². The minimum atomic E-state index is 0. The Morgan fingerprint density at radius 1 is 1.43 bits per heavy atom. The van der Waals surface area contributed by atoms with Crippen LogP contribution in [0, 0.1) is 0 Å². The normalized spacial score (nSPS) is 2.86. The van der Waals surface area contributed by atoms with E-state index in [1.165, 1.54) is 6.29 Å². The summed E-state index contributed by atoms with van der Waals surface area (Å²) in [6.07, 6.45) is 2.51. The number of hydrogen-bond acceptors (Lipinski definition) is 1. The predicted octanol–water partition coefficient (Wildman–Crippen LogP) is 0.275. The minimum absolute atomic E-state index is 0. The van der Waals surface area contributed by atoms with Crippen LogP contribution in [0.25, 0.3) is 0 Å². The van der Waals surface area contributed by atoms with Crippen LogP contribution in [0.5, 0.6) is 0 Å². The fourth-order valence-electron chi connectivity index (χ4n) is 0. The molecule has 1 nitrogen and oxygen atoms in total. The van der Waals surface area contributed by atoms with E-state index in [9.17, 15) is 0 Å². The van der Waals surface area contributed by atoms with Gasteiger partial charge >= 0.3 is 0 Å². The molecule has 0 aromatic carbocycles. The van der Waals surface area contributed by atoms with Crippen molar-refractivity contribution in [3.63, 3.8) is 0 Å². The van der Waals surface area contributed by atoms with Gasteiger partial charge in [-0.25, -0.2) is 12.7 Å². The second-order valence-electron chi connectivity index (χ2n) is 0.322. The molecule has 0 bridgehead atoms. The van der Waals surface area contributed by atoms with Gasteiger partial charge in [0.1, 0.15) is 0 Å². The Kier molecular flexibility index (Phi) is 90.5. The summed E-state index contributed by atoms with van der Waals surface area (Å²) in [5.74, 6) is 0. The molecule has 0 N–H and O–H groups in total. The molecule has 0 aliphatic heterocycles. The molecule has 0 aliphatic rings. The molecule has 0 atom stereocenters. The maximum atomic E-state index is 8.93. The van der Waals surface area contributed by atoms with Gasteiger partial charge in [0.05, 0.1) is 0 Å². The molecule has 3 radical (unpaired) electrons. The first-order valence-electron chi connectivity index (χ1n) is 0.901. The van der Waals surface area contributed by atoms with Crippen molar-refractivity contribution in [1.29, 1.82) is 0 Å². The summed E-state index contributed by atoms with van der Waals surface area (Å²) in [4.78, 5) is 8.93. The van der Waals surface area contributed by atoms with Crippen LogP contribution in [0.2, 0.25) is 0 Å². The van der Waals surface area contributed by atoms with E-state index >= 15 is 0 Å². The van der Waals surface area contributed by atoms with Crippen molar-refractivity contribution in [2.24, 2.45) is 0 Å². The van der Waals surface area contributed by atoms with Crippen LogP contribution in [-0.2, 0) is 64.3 Å². The number of hydrogen-bond donors (Lipinski definition) is 0. The molecule has 0 spiro atoms. The Bertz CT molecular complexity index is 33.9. The number of carbonyl (C=O) groups excluding carboxylic acids is 1. The molecule has 0 aliphatic carbocycles. The molecule has 0 saturated heterocycles. The van der Waals surface area contributed by atoms with Gasteiger partial charge in [-0.1, -0.05) is 0 Å². The van der Waals surface area contributed by atoms with E-state index in [1.807, 2.05) is 0 Å². The van der Waals surface area contributed by atoms with E-state index < -0.39 is 0 Å². The van der Waals surface area contributed by atoms with Crippen LogP contribution < -0.4 is 0 Å². The third-order valence-electron chi connectivity index (χ3n) is 0.0833. The van der Waals surface area contributed by atoms with Crippen molar-refractivity contribution < 1.29 is 64.3 Å². The largest absolute Gasteiger partial charge is 0.419 e. The zero-order valence-corrected chi connectivity index (χ0v) is 8.53. The van der Waals surface area contributed by atoms with E-state index in [2.05, 4.69) is 6.58 Å². The second kappa shape index (κ2) is 26.5. The summed E-state index contributed by atoms with van der Waals surface area (Å²) in [6.45, 7) is 3.06. The van der Waals surface area contributed by atoms with Gasteiger partial charge in [-0.05, 0) is 6.29 Å². The molecule has 0 aromatic rings. The first-order chi connectivity index (χ1) is 1.91. The maximum absolute atomic E-state index is 8.93. The van der Waals surface area contributed by atoms with E-state index in [0.717, 1.165) is 6.08 Å². The molecule has 0 heterocycles. The average Bonchev–Trinajstić information content (AvgIpc) is 1.37. The summed E-state index contributed by atoms with van der Waals surface area (Å²) in [7, 11) is 0. The summed E-state index contributed by atoms with van der Waals surface area (Å²) in [5, 5.41) is 0. The minimum Gasteiger partial charge on any atom is -0.419 e. The Hall–Kier alpha value is 1.32. The van der Waals surface area contributed by atoms with Crippen molar-refractivity contribution in [3.8, 4) is 0 Å². The zero-order chi connectivity index (χ0) is 3.41. The first kappa shape index (κ1) is 23.9. The van der Waals surface area contributed by atoms with Gasteiger partial charge in [-0.2, -0.15) is 0 Å². The summed E-state index contributed by atoms with van der Waals surface area (Å²) in [5.41, 5.74) is 0. The number of rotatable bonds is 1. The molecule has 0 fully saturated rings. The third-order valence-corrected chi connectivity index (χ3v) is 0.0833. The Labute approximate surface area is 82.6 Å². The Balaban J connectivity index is -0.0000000150.